The molecule has 0 aromatic heterocycles. The fourth-order valence-electron chi connectivity index (χ4n) is 1.02. The first-order chi connectivity index (χ1) is 6.79. The lowest BCUT2D eigenvalue weighted by Gasteiger charge is -2.11. The minimum absolute atomic E-state index is 0.685. The van der Waals surface area contributed by atoms with Crippen molar-refractivity contribution >= 4 is 31.9 Å². The van der Waals surface area contributed by atoms with Gasteiger partial charge in [-0.05, 0) is 34.5 Å². The van der Waals surface area contributed by atoms with Gasteiger partial charge in [0.25, 0.3) is 0 Å². The van der Waals surface area contributed by atoms with Crippen LogP contribution in [0.3, 0.4) is 0 Å². The van der Waals surface area contributed by atoms with E-state index in [9.17, 15) is 0 Å². The summed E-state index contributed by atoms with van der Waals surface area (Å²) in [6, 6.07) is 5.74. The van der Waals surface area contributed by atoms with Crippen molar-refractivity contribution in [3.05, 3.63) is 22.7 Å². The molecule has 0 amide bonds. The summed E-state index contributed by atoms with van der Waals surface area (Å²) in [4.78, 5) is 0. The van der Waals surface area contributed by atoms with Crippen molar-refractivity contribution < 1.29 is 9.47 Å². The molecule has 0 saturated carbocycles. The fraction of sp³-hybridized carbons (Fsp3) is 0.400. The smallest absolute Gasteiger partial charge is 0.175 e. The lowest BCUT2D eigenvalue weighted by Crippen LogP contribution is -2.00. The van der Waals surface area contributed by atoms with Gasteiger partial charge in [-0.3, -0.25) is 0 Å². The molecular weight excluding hydrogens is 312 g/mol. The topological polar surface area (TPSA) is 18.5 Å². The Morgan fingerprint density at radius 2 is 2.14 bits per heavy atom. The number of rotatable bonds is 5. The average molecular weight is 324 g/mol. The Morgan fingerprint density at radius 1 is 1.36 bits per heavy atom. The van der Waals surface area contributed by atoms with Gasteiger partial charge in [0.05, 0.1) is 18.2 Å². The standard InChI is InChI=1S/C10H12Br2O2/c1-13-9-5-2-4-8(12)10(9)14-7-3-6-11/h2,4-5H,3,6-7H2,1H3. The van der Waals surface area contributed by atoms with Crippen molar-refractivity contribution in [3.63, 3.8) is 0 Å². The molecule has 1 rings (SSSR count). The molecule has 0 radical (unpaired) electrons. The van der Waals surface area contributed by atoms with Gasteiger partial charge in [0.15, 0.2) is 11.5 Å². The van der Waals surface area contributed by atoms with Crippen LogP contribution in [-0.4, -0.2) is 19.0 Å². The summed E-state index contributed by atoms with van der Waals surface area (Å²) >= 11 is 6.78. The van der Waals surface area contributed by atoms with Gasteiger partial charge < -0.3 is 9.47 Å². The van der Waals surface area contributed by atoms with Gasteiger partial charge in [0, 0.05) is 5.33 Å². The number of ether oxygens (including phenoxy) is 2. The van der Waals surface area contributed by atoms with E-state index in [2.05, 4.69) is 31.9 Å². The number of hydrogen-bond donors (Lipinski definition) is 0. The molecule has 0 N–H and O–H groups in total. The van der Waals surface area contributed by atoms with Crippen LogP contribution >= 0.6 is 31.9 Å². The third kappa shape index (κ3) is 3.17. The van der Waals surface area contributed by atoms with Gasteiger partial charge in [0.1, 0.15) is 0 Å². The number of para-hydroxylation sites is 1. The van der Waals surface area contributed by atoms with Crippen LogP contribution in [0.2, 0.25) is 0 Å². The summed E-state index contributed by atoms with van der Waals surface area (Å²) < 4.78 is 11.7. The second-order valence-electron chi connectivity index (χ2n) is 2.66. The van der Waals surface area contributed by atoms with Crippen LogP contribution in [0.4, 0.5) is 0 Å². The quantitative estimate of drug-likeness (QED) is 0.608. The van der Waals surface area contributed by atoms with Crippen LogP contribution < -0.4 is 9.47 Å². The van der Waals surface area contributed by atoms with Gasteiger partial charge >= 0.3 is 0 Å². The molecule has 0 unspecified atom stereocenters. The summed E-state index contributed by atoms with van der Waals surface area (Å²) in [5, 5.41) is 0.944. The zero-order valence-electron chi connectivity index (χ0n) is 7.93. The van der Waals surface area contributed by atoms with E-state index < -0.39 is 0 Å². The molecule has 0 bridgehead atoms. The van der Waals surface area contributed by atoms with Gasteiger partial charge in [-0.25, -0.2) is 0 Å². The molecule has 2 nitrogen and oxygen atoms in total. The zero-order valence-corrected chi connectivity index (χ0v) is 11.1. The van der Waals surface area contributed by atoms with E-state index in [0.29, 0.717) is 6.61 Å². The van der Waals surface area contributed by atoms with E-state index in [1.165, 1.54) is 0 Å². The van der Waals surface area contributed by atoms with E-state index in [1.807, 2.05) is 18.2 Å². The summed E-state index contributed by atoms with van der Waals surface area (Å²) in [6.07, 6.45) is 0.977. The van der Waals surface area contributed by atoms with Crippen molar-refractivity contribution in [2.75, 3.05) is 19.0 Å². The lowest BCUT2D eigenvalue weighted by atomic mass is 10.3. The number of benzene rings is 1. The maximum atomic E-state index is 5.60. The van der Waals surface area contributed by atoms with Gasteiger partial charge in [-0.15, -0.1) is 0 Å². The Kier molecular flexibility index (Phi) is 5.33. The summed E-state index contributed by atoms with van der Waals surface area (Å²) in [5.74, 6) is 1.53. The van der Waals surface area contributed by atoms with E-state index in [0.717, 1.165) is 27.7 Å². The first-order valence-corrected chi connectivity index (χ1v) is 6.22. The van der Waals surface area contributed by atoms with Gasteiger partial charge in [-0.2, -0.15) is 0 Å². The van der Waals surface area contributed by atoms with Crippen LogP contribution in [0.1, 0.15) is 6.42 Å². The average Bonchev–Trinajstić information content (AvgIpc) is 2.20. The van der Waals surface area contributed by atoms with Crippen molar-refractivity contribution in [1.82, 2.24) is 0 Å². The number of halogens is 2. The van der Waals surface area contributed by atoms with Crippen LogP contribution in [-0.2, 0) is 0 Å². The Balaban J connectivity index is 2.72. The van der Waals surface area contributed by atoms with Crippen molar-refractivity contribution in [1.29, 1.82) is 0 Å². The fourth-order valence-corrected chi connectivity index (χ4v) is 1.71. The molecule has 1 aromatic rings. The minimum Gasteiger partial charge on any atom is -0.493 e. The molecule has 4 heteroatoms. The molecular formula is C10H12Br2O2. The Labute approximate surface area is 101 Å². The Morgan fingerprint density at radius 3 is 2.79 bits per heavy atom. The minimum atomic E-state index is 0.685. The molecule has 78 valence electrons. The van der Waals surface area contributed by atoms with Crippen LogP contribution in [0.25, 0.3) is 0 Å². The Hall–Kier alpha value is -0.220. The van der Waals surface area contributed by atoms with Crippen LogP contribution in [0.15, 0.2) is 22.7 Å². The molecule has 0 atom stereocenters. The zero-order chi connectivity index (χ0) is 10.4. The SMILES string of the molecule is COc1cccc(Br)c1OCCCBr. The van der Waals surface area contributed by atoms with Gasteiger partial charge in [0.2, 0.25) is 0 Å². The second-order valence-corrected chi connectivity index (χ2v) is 4.31. The highest BCUT2D eigenvalue weighted by Crippen LogP contribution is 2.34. The highest BCUT2D eigenvalue weighted by Gasteiger charge is 2.07. The summed E-state index contributed by atoms with van der Waals surface area (Å²) in [5.41, 5.74) is 0. The number of methoxy groups -OCH3 is 1. The molecule has 0 aliphatic heterocycles. The largest absolute Gasteiger partial charge is 0.493 e. The third-order valence-electron chi connectivity index (χ3n) is 1.68. The number of hydrogen-bond acceptors (Lipinski definition) is 2. The molecule has 0 heterocycles. The molecule has 14 heavy (non-hydrogen) atoms. The highest BCUT2D eigenvalue weighted by atomic mass is 79.9. The van der Waals surface area contributed by atoms with Crippen molar-refractivity contribution in [2.24, 2.45) is 0 Å². The predicted octanol–water partition coefficient (Wildman–Crippen LogP) is 3.62. The normalized spacial score (nSPS) is 9.93. The second kappa shape index (κ2) is 6.30. The van der Waals surface area contributed by atoms with Gasteiger partial charge in [-0.1, -0.05) is 22.0 Å². The van der Waals surface area contributed by atoms with Crippen molar-refractivity contribution in [2.45, 2.75) is 6.42 Å². The Bertz CT molecular complexity index is 289. The molecule has 0 aliphatic carbocycles. The van der Waals surface area contributed by atoms with E-state index in [-0.39, 0.29) is 0 Å². The first kappa shape index (κ1) is 11.9. The van der Waals surface area contributed by atoms with Crippen molar-refractivity contribution in [3.8, 4) is 11.5 Å². The summed E-state index contributed by atoms with van der Waals surface area (Å²) in [7, 11) is 1.64. The molecule has 0 saturated heterocycles. The third-order valence-corrected chi connectivity index (χ3v) is 2.86. The molecule has 0 fully saturated rings. The maximum Gasteiger partial charge on any atom is 0.175 e. The number of alkyl halides is 1. The van der Waals surface area contributed by atoms with Crippen LogP contribution in [0.5, 0.6) is 11.5 Å². The lowest BCUT2D eigenvalue weighted by molar-refractivity contribution is 0.293. The first-order valence-electron chi connectivity index (χ1n) is 4.31. The molecule has 1 aromatic carbocycles. The van der Waals surface area contributed by atoms with Crippen LogP contribution in [0, 0.1) is 0 Å². The monoisotopic (exact) mass is 322 g/mol. The summed E-state index contributed by atoms with van der Waals surface area (Å²) in [6.45, 7) is 0.685. The predicted molar refractivity (Wildman–Crippen MR) is 64.6 cm³/mol. The highest BCUT2D eigenvalue weighted by molar-refractivity contribution is 9.10. The molecule has 0 spiro atoms. The maximum absolute atomic E-state index is 5.60. The van der Waals surface area contributed by atoms with E-state index >= 15 is 0 Å². The van der Waals surface area contributed by atoms with E-state index in [4.69, 9.17) is 9.47 Å². The molecule has 0 aliphatic rings. The van der Waals surface area contributed by atoms with E-state index in [1.54, 1.807) is 7.11 Å².